The molecule has 0 saturated heterocycles. The molecule has 1 aromatic carbocycles. The van der Waals surface area contributed by atoms with Crippen molar-refractivity contribution < 1.29 is 9.18 Å². The molecule has 1 aromatic heterocycles. The summed E-state index contributed by atoms with van der Waals surface area (Å²) >= 11 is 0. The molecule has 0 unspecified atom stereocenters. The molecule has 1 aliphatic rings. The number of hydrogen-bond donors (Lipinski definition) is 0. The third-order valence-corrected chi connectivity index (χ3v) is 4.21. The normalized spacial score (nSPS) is 17.0. The summed E-state index contributed by atoms with van der Waals surface area (Å²) in [6.45, 7) is 1.96. The minimum atomic E-state index is -0.543. The monoisotopic (exact) mass is 258 g/mol. The van der Waals surface area contributed by atoms with Crippen LogP contribution in [0.2, 0.25) is 0 Å². The van der Waals surface area contributed by atoms with E-state index >= 15 is 0 Å². The highest BCUT2D eigenvalue weighted by Gasteiger charge is 2.39. The van der Waals surface area contributed by atoms with E-state index in [1.807, 2.05) is 26.2 Å². The topological polar surface area (TPSA) is 34.4 Å². The number of aryl methyl sites for hydroxylation is 2. The Bertz CT molecular complexity index is 706. The van der Waals surface area contributed by atoms with E-state index in [0.717, 1.165) is 35.8 Å². The van der Waals surface area contributed by atoms with Crippen LogP contribution in [-0.4, -0.2) is 10.6 Å². The van der Waals surface area contributed by atoms with Crippen molar-refractivity contribution in [2.45, 2.75) is 31.7 Å². The summed E-state index contributed by atoms with van der Waals surface area (Å²) in [5, 5.41) is 0.893. The lowest BCUT2D eigenvalue weighted by molar-refractivity contribution is 0.255. The molecule has 2 aromatic rings. The van der Waals surface area contributed by atoms with Gasteiger partial charge < -0.3 is 4.57 Å². The first kappa shape index (κ1) is 12.1. The zero-order valence-corrected chi connectivity index (χ0v) is 11.0. The molecule has 4 heteroatoms. The second-order valence-corrected chi connectivity index (χ2v) is 5.37. The van der Waals surface area contributed by atoms with Gasteiger partial charge in [0.25, 0.3) is 0 Å². The predicted molar refractivity (Wildman–Crippen MR) is 71.3 cm³/mol. The second-order valence-electron chi connectivity index (χ2n) is 5.37. The average Bonchev–Trinajstić information content (AvgIpc) is 2.60. The molecule has 0 spiro atoms. The number of isocyanates is 1. The molecule has 3 nitrogen and oxygen atoms in total. The second kappa shape index (κ2) is 4.04. The van der Waals surface area contributed by atoms with Gasteiger partial charge in [0, 0.05) is 18.6 Å². The number of fused-ring (bicyclic) bond motifs is 1. The minimum absolute atomic E-state index is 0.254. The molecule has 0 radical (unpaired) electrons. The van der Waals surface area contributed by atoms with Crippen LogP contribution in [0.25, 0.3) is 10.9 Å². The van der Waals surface area contributed by atoms with Gasteiger partial charge in [-0.1, -0.05) is 0 Å². The van der Waals surface area contributed by atoms with E-state index in [0.29, 0.717) is 5.52 Å². The highest BCUT2D eigenvalue weighted by molar-refractivity contribution is 5.85. The van der Waals surface area contributed by atoms with E-state index in [4.69, 9.17) is 0 Å². The lowest BCUT2D eigenvalue weighted by Gasteiger charge is -2.37. The molecule has 0 aliphatic heterocycles. The van der Waals surface area contributed by atoms with Crippen molar-refractivity contribution in [1.29, 1.82) is 0 Å². The Morgan fingerprint density at radius 3 is 2.74 bits per heavy atom. The fourth-order valence-corrected chi connectivity index (χ4v) is 3.02. The molecule has 19 heavy (non-hydrogen) atoms. The molecule has 0 bridgehead atoms. The molecular weight excluding hydrogens is 243 g/mol. The van der Waals surface area contributed by atoms with Crippen molar-refractivity contribution in [2.24, 2.45) is 12.0 Å². The zero-order chi connectivity index (χ0) is 13.6. The number of hydrogen-bond acceptors (Lipinski definition) is 2. The Morgan fingerprint density at radius 1 is 1.42 bits per heavy atom. The standard InChI is InChI=1S/C15H15FN2O/c1-10-8-18(2)14-12(10)6-11(7-13(14)16)15(17-9-19)4-3-5-15/h6-8H,3-5H2,1-2H3. The van der Waals surface area contributed by atoms with Gasteiger partial charge in [0.15, 0.2) is 0 Å². The highest BCUT2D eigenvalue weighted by Crippen LogP contribution is 2.46. The molecule has 1 heterocycles. The van der Waals surface area contributed by atoms with Gasteiger partial charge in [0.05, 0.1) is 11.1 Å². The summed E-state index contributed by atoms with van der Waals surface area (Å²) in [6.07, 6.45) is 6.15. The third kappa shape index (κ3) is 1.64. The van der Waals surface area contributed by atoms with Gasteiger partial charge in [-0.15, -0.1) is 0 Å². The number of aromatic nitrogens is 1. The van der Waals surface area contributed by atoms with Crippen molar-refractivity contribution in [3.63, 3.8) is 0 Å². The first-order chi connectivity index (χ1) is 9.07. The van der Waals surface area contributed by atoms with Crippen LogP contribution in [0.3, 0.4) is 0 Å². The summed E-state index contributed by atoms with van der Waals surface area (Å²) in [5.41, 5.74) is 1.88. The SMILES string of the molecule is Cc1cn(C)c2c(F)cc(C3(N=C=O)CCC3)cc12. The molecule has 1 saturated carbocycles. The summed E-state index contributed by atoms with van der Waals surface area (Å²) < 4.78 is 16.1. The van der Waals surface area contributed by atoms with Crippen molar-refractivity contribution >= 4 is 17.0 Å². The van der Waals surface area contributed by atoms with Crippen LogP contribution >= 0.6 is 0 Å². The largest absolute Gasteiger partial charge is 0.348 e. The molecule has 0 atom stereocenters. The lowest BCUT2D eigenvalue weighted by atomic mass is 9.72. The van der Waals surface area contributed by atoms with Gasteiger partial charge in [-0.2, -0.15) is 4.99 Å². The highest BCUT2D eigenvalue weighted by atomic mass is 19.1. The molecule has 0 amide bonds. The number of aliphatic imine (C=N–C) groups is 1. The maximum atomic E-state index is 14.3. The lowest BCUT2D eigenvalue weighted by Crippen LogP contribution is -2.32. The Morgan fingerprint density at radius 2 is 2.16 bits per heavy atom. The molecule has 1 fully saturated rings. The molecular formula is C15H15FN2O. The summed E-state index contributed by atoms with van der Waals surface area (Å²) in [5.74, 6) is -0.254. The van der Waals surface area contributed by atoms with Gasteiger partial charge >= 0.3 is 0 Å². The van der Waals surface area contributed by atoms with Crippen LogP contribution in [-0.2, 0) is 17.4 Å². The van der Waals surface area contributed by atoms with Crippen LogP contribution in [0, 0.1) is 12.7 Å². The van der Waals surface area contributed by atoms with E-state index in [-0.39, 0.29) is 5.82 Å². The first-order valence-electron chi connectivity index (χ1n) is 6.42. The number of carbonyl (C=O) groups excluding carboxylic acids is 1. The quantitative estimate of drug-likeness (QED) is 0.601. The maximum absolute atomic E-state index is 14.3. The predicted octanol–water partition coefficient (Wildman–Crippen LogP) is 3.34. The van der Waals surface area contributed by atoms with E-state index in [9.17, 15) is 9.18 Å². The van der Waals surface area contributed by atoms with Gasteiger partial charge in [-0.3, -0.25) is 0 Å². The smallest absolute Gasteiger partial charge is 0.235 e. The number of rotatable bonds is 2. The van der Waals surface area contributed by atoms with Gasteiger partial charge in [0.2, 0.25) is 6.08 Å². The van der Waals surface area contributed by atoms with Crippen LogP contribution in [0.4, 0.5) is 4.39 Å². The van der Waals surface area contributed by atoms with Crippen molar-refractivity contribution in [2.75, 3.05) is 0 Å². The van der Waals surface area contributed by atoms with Gasteiger partial charge in [-0.05, 0) is 49.4 Å². The van der Waals surface area contributed by atoms with E-state index in [1.165, 1.54) is 6.07 Å². The summed E-state index contributed by atoms with van der Waals surface area (Å²) in [4.78, 5) is 14.6. The van der Waals surface area contributed by atoms with E-state index < -0.39 is 5.54 Å². The Labute approximate surface area is 110 Å². The van der Waals surface area contributed by atoms with Crippen LogP contribution < -0.4 is 0 Å². The van der Waals surface area contributed by atoms with Crippen LogP contribution in [0.15, 0.2) is 23.3 Å². The van der Waals surface area contributed by atoms with Crippen molar-refractivity contribution in [3.8, 4) is 0 Å². The summed E-state index contributed by atoms with van der Waals surface area (Å²) in [6, 6.07) is 3.48. The maximum Gasteiger partial charge on any atom is 0.235 e. The Kier molecular flexibility index (Phi) is 2.58. The molecule has 98 valence electrons. The number of benzene rings is 1. The van der Waals surface area contributed by atoms with E-state index in [2.05, 4.69) is 4.99 Å². The van der Waals surface area contributed by atoms with Gasteiger partial charge in [-0.25, -0.2) is 9.18 Å². The molecule has 0 N–H and O–H groups in total. The van der Waals surface area contributed by atoms with E-state index in [1.54, 1.807) is 10.6 Å². The number of halogens is 1. The minimum Gasteiger partial charge on any atom is -0.348 e. The fourth-order valence-electron chi connectivity index (χ4n) is 3.02. The van der Waals surface area contributed by atoms with Gasteiger partial charge in [0.1, 0.15) is 5.82 Å². The van der Waals surface area contributed by atoms with Crippen LogP contribution in [0.1, 0.15) is 30.4 Å². The third-order valence-electron chi connectivity index (χ3n) is 4.21. The summed E-state index contributed by atoms with van der Waals surface area (Å²) in [7, 11) is 1.83. The average molecular weight is 258 g/mol. The number of nitrogens with zero attached hydrogens (tertiary/aromatic N) is 2. The van der Waals surface area contributed by atoms with Crippen LogP contribution in [0.5, 0.6) is 0 Å². The first-order valence-corrected chi connectivity index (χ1v) is 6.42. The van der Waals surface area contributed by atoms with Crippen molar-refractivity contribution in [1.82, 2.24) is 4.57 Å². The molecule has 1 aliphatic carbocycles. The Hall–Kier alpha value is -1.93. The molecule has 3 rings (SSSR count). The Balaban J connectivity index is 2.26. The fraction of sp³-hybridized carbons (Fsp3) is 0.400. The van der Waals surface area contributed by atoms with Crippen molar-refractivity contribution in [3.05, 3.63) is 35.3 Å². The zero-order valence-electron chi connectivity index (χ0n) is 11.0.